The van der Waals surface area contributed by atoms with Crippen LogP contribution in [-0.4, -0.2) is 82.4 Å². The van der Waals surface area contributed by atoms with Crippen LogP contribution >= 0.6 is 11.6 Å². The minimum absolute atomic E-state index is 0.00212. The van der Waals surface area contributed by atoms with E-state index in [0.717, 1.165) is 19.3 Å². The number of benzene rings is 1. The number of alkyl carbamates (subject to hydrolysis) is 1. The predicted molar refractivity (Wildman–Crippen MR) is 172 cm³/mol. The first-order valence-corrected chi connectivity index (χ1v) is 16.5. The molecule has 3 aliphatic carbocycles. The molecule has 8 atom stereocenters. The van der Waals surface area contributed by atoms with E-state index in [9.17, 15) is 29.5 Å². The van der Waals surface area contributed by atoms with Gasteiger partial charge in [0.15, 0.2) is 0 Å². The Labute approximate surface area is 282 Å². The molecular weight excluding hydrogens is 642 g/mol. The van der Waals surface area contributed by atoms with Crippen LogP contribution in [0.4, 0.5) is 4.79 Å². The molecule has 254 valence electrons. The number of carbonyl (C=O) groups is 4. The molecule has 6 rings (SSSR count). The van der Waals surface area contributed by atoms with E-state index in [1.165, 1.54) is 18.1 Å². The number of carboxylic acids is 1. The maximum absolute atomic E-state index is 14.2. The van der Waals surface area contributed by atoms with E-state index in [1.54, 1.807) is 19.1 Å². The van der Waals surface area contributed by atoms with Crippen molar-refractivity contribution in [1.82, 2.24) is 20.5 Å². The number of ether oxygens (including phenoxy) is 3. The smallest absolute Gasteiger partial charge is 0.408 e. The lowest BCUT2D eigenvalue weighted by Crippen LogP contribution is -2.56. The molecule has 3 amide bonds. The summed E-state index contributed by atoms with van der Waals surface area (Å²) in [6.45, 7) is 7.26. The third-order valence-electron chi connectivity index (χ3n) is 10.1. The monoisotopic (exact) mass is 679 g/mol. The van der Waals surface area contributed by atoms with Crippen molar-refractivity contribution in [1.29, 1.82) is 5.26 Å². The normalized spacial score (nSPS) is 28.9. The minimum Gasteiger partial charge on any atom is -0.495 e. The fourth-order valence-corrected chi connectivity index (χ4v) is 7.57. The van der Waals surface area contributed by atoms with Gasteiger partial charge in [-0.15, -0.1) is 0 Å². The highest BCUT2D eigenvalue weighted by atomic mass is 35.5. The molecule has 0 radical (unpaired) electrons. The number of carbonyl (C=O) groups excluding carboxylic acids is 3. The second kappa shape index (κ2) is 12.8. The number of nitrogens with zero attached hydrogens (tertiary/aromatic N) is 3. The van der Waals surface area contributed by atoms with Crippen LogP contribution in [0.2, 0.25) is 5.02 Å². The van der Waals surface area contributed by atoms with Gasteiger partial charge in [-0.25, -0.2) is 14.6 Å². The van der Waals surface area contributed by atoms with E-state index in [0.29, 0.717) is 35.0 Å². The van der Waals surface area contributed by atoms with Crippen LogP contribution in [0.25, 0.3) is 10.9 Å². The minimum atomic E-state index is -1.42. The van der Waals surface area contributed by atoms with Gasteiger partial charge in [-0.1, -0.05) is 31.5 Å². The highest BCUT2D eigenvalue weighted by Gasteiger charge is 2.61. The van der Waals surface area contributed by atoms with Crippen molar-refractivity contribution in [2.75, 3.05) is 13.7 Å². The van der Waals surface area contributed by atoms with Gasteiger partial charge in [0.2, 0.25) is 11.8 Å². The van der Waals surface area contributed by atoms with E-state index in [1.807, 2.05) is 13.0 Å². The number of pyridine rings is 1. The largest absolute Gasteiger partial charge is 0.495 e. The van der Waals surface area contributed by atoms with Crippen molar-refractivity contribution in [2.45, 2.75) is 82.2 Å². The standard InChI is InChI=1S/C34H38ClN5O8/c1-5-19-13-34(19,32(43)44)39-30(41)24-12-22(47-26-11-20(14-36)37-29-23(26)6-7-25(46-4)27(29)35)15-40(24)31(42)28(16(2)3)38-33(45)48-21-9-17-8-18(17)10-21/h6-7,11,17-19,21-22,24,28H,2,5,8-10,12-13,15H2,1,3-4H3,(H,38,45)(H,39,41)(H,43,44)/t17-,18+,19-,21+,22-,24+,28+,34-/m1/s1. The molecule has 0 spiro atoms. The van der Waals surface area contributed by atoms with Gasteiger partial charge in [0.1, 0.15) is 58.1 Å². The van der Waals surface area contributed by atoms with E-state index in [2.05, 4.69) is 22.2 Å². The van der Waals surface area contributed by atoms with Gasteiger partial charge in [-0.3, -0.25) is 9.59 Å². The fraction of sp³-hybridized carbons (Fsp3) is 0.529. The van der Waals surface area contributed by atoms with Crippen molar-refractivity contribution in [3.05, 3.63) is 41.1 Å². The van der Waals surface area contributed by atoms with E-state index >= 15 is 0 Å². The number of likely N-dealkylation sites (tertiary alicyclic amines) is 1. The van der Waals surface area contributed by atoms with Crippen molar-refractivity contribution in [3.8, 4) is 17.6 Å². The van der Waals surface area contributed by atoms with E-state index in [4.69, 9.17) is 25.8 Å². The SMILES string of the molecule is C=C(C)[C@H](NC(=O)O[C@@H]1C[C@@H]2C[C@@H]2C1)C(=O)N1C[C@H](Oc2cc(C#N)nc3c(Cl)c(OC)ccc23)C[C@H]1C(=O)N[C@]1(C(=O)O)C[C@H]1CC. The number of carboxylic acid groups (broad SMARTS) is 1. The van der Waals surface area contributed by atoms with Gasteiger partial charge in [0, 0.05) is 17.9 Å². The summed E-state index contributed by atoms with van der Waals surface area (Å²) in [4.78, 5) is 58.7. The molecule has 48 heavy (non-hydrogen) atoms. The van der Waals surface area contributed by atoms with Gasteiger partial charge >= 0.3 is 12.1 Å². The summed E-state index contributed by atoms with van der Waals surface area (Å²) in [5, 5.41) is 25.7. The zero-order chi connectivity index (χ0) is 34.5. The summed E-state index contributed by atoms with van der Waals surface area (Å²) in [5.74, 6) is -0.853. The molecule has 1 aromatic heterocycles. The Morgan fingerprint density at radius 2 is 1.92 bits per heavy atom. The Hall–Kier alpha value is -4.57. The second-order valence-corrected chi connectivity index (χ2v) is 13.7. The lowest BCUT2D eigenvalue weighted by atomic mass is 10.1. The summed E-state index contributed by atoms with van der Waals surface area (Å²) in [7, 11) is 1.45. The quantitative estimate of drug-likeness (QED) is 0.294. The molecule has 4 aliphatic rings. The van der Waals surface area contributed by atoms with Crippen LogP contribution in [0, 0.1) is 29.1 Å². The molecule has 1 saturated heterocycles. The zero-order valence-corrected chi connectivity index (χ0v) is 27.7. The summed E-state index contributed by atoms with van der Waals surface area (Å²) in [6.07, 6.45) is 1.87. The lowest BCUT2D eigenvalue weighted by Gasteiger charge is -2.29. The lowest BCUT2D eigenvalue weighted by molar-refractivity contribution is -0.145. The number of nitrogens with one attached hydrogen (secondary N) is 2. The predicted octanol–water partition coefficient (Wildman–Crippen LogP) is 3.96. The Morgan fingerprint density at radius 3 is 2.52 bits per heavy atom. The van der Waals surface area contributed by atoms with Gasteiger partial charge < -0.3 is 34.9 Å². The van der Waals surface area contributed by atoms with Crippen LogP contribution in [0.1, 0.15) is 58.1 Å². The zero-order valence-electron chi connectivity index (χ0n) is 27.0. The van der Waals surface area contributed by atoms with E-state index in [-0.39, 0.29) is 53.4 Å². The van der Waals surface area contributed by atoms with Crippen molar-refractivity contribution in [3.63, 3.8) is 0 Å². The summed E-state index contributed by atoms with van der Waals surface area (Å²) < 4.78 is 17.3. The molecular formula is C34H38ClN5O8. The average Bonchev–Trinajstić information content (AvgIpc) is 3.87. The summed E-state index contributed by atoms with van der Waals surface area (Å²) in [6, 6.07) is 4.41. The third-order valence-corrected chi connectivity index (χ3v) is 10.5. The van der Waals surface area contributed by atoms with Crippen LogP contribution in [0.3, 0.4) is 0 Å². The number of hydrogen-bond donors (Lipinski definition) is 3. The van der Waals surface area contributed by atoms with Gasteiger partial charge in [-0.2, -0.15) is 5.26 Å². The van der Waals surface area contributed by atoms with Crippen molar-refractivity contribution < 1.29 is 38.5 Å². The number of methoxy groups -OCH3 is 1. The first-order chi connectivity index (χ1) is 22.9. The summed E-state index contributed by atoms with van der Waals surface area (Å²) in [5.41, 5.74) is -0.791. The number of fused-ring (bicyclic) bond motifs is 2. The number of rotatable bonds is 11. The highest BCUT2D eigenvalue weighted by Crippen LogP contribution is 2.52. The molecule has 1 aliphatic heterocycles. The van der Waals surface area contributed by atoms with Crippen LogP contribution in [0.15, 0.2) is 30.4 Å². The number of aromatic nitrogens is 1. The Kier molecular flexibility index (Phi) is 8.89. The highest BCUT2D eigenvalue weighted by molar-refractivity contribution is 6.36. The number of hydrogen-bond acceptors (Lipinski definition) is 9. The maximum Gasteiger partial charge on any atom is 0.408 e. The van der Waals surface area contributed by atoms with Crippen molar-refractivity contribution >= 4 is 46.4 Å². The Morgan fingerprint density at radius 1 is 1.19 bits per heavy atom. The topological polar surface area (TPSA) is 180 Å². The van der Waals surface area contributed by atoms with Gasteiger partial charge in [0.05, 0.1) is 19.2 Å². The molecule has 3 saturated carbocycles. The van der Waals surface area contributed by atoms with E-state index < -0.39 is 47.6 Å². The molecule has 1 aromatic carbocycles. The molecule has 2 aromatic rings. The average molecular weight is 680 g/mol. The first-order valence-electron chi connectivity index (χ1n) is 16.1. The fourth-order valence-electron chi connectivity index (χ4n) is 7.29. The Bertz CT molecular complexity index is 1730. The van der Waals surface area contributed by atoms with Crippen LogP contribution in [0.5, 0.6) is 11.5 Å². The summed E-state index contributed by atoms with van der Waals surface area (Å²) >= 11 is 6.51. The molecule has 4 fully saturated rings. The number of nitriles is 1. The van der Waals surface area contributed by atoms with Crippen molar-refractivity contribution in [2.24, 2.45) is 17.8 Å². The molecule has 2 heterocycles. The molecule has 0 unspecified atom stereocenters. The molecule has 0 bridgehead atoms. The van der Waals surface area contributed by atoms with Crippen LogP contribution < -0.4 is 20.1 Å². The van der Waals surface area contributed by atoms with Gasteiger partial charge in [-0.05, 0) is 68.1 Å². The first kappa shape index (κ1) is 33.3. The number of aliphatic carboxylic acids is 1. The number of amides is 3. The maximum atomic E-state index is 14.2. The number of halogens is 1. The third kappa shape index (κ3) is 6.21. The molecule has 3 N–H and O–H groups in total. The van der Waals surface area contributed by atoms with Crippen LogP contribution in [-0.2, 0) is 19.1 Å². The second-order valence-electron chi connectivity index (χ2n) is 13.3. The molecule has 13 nitrogen and oxygen atoms in total. The van der Waals surface area contributed by atoms with Gasteiger partial charge in [0.25, 0.3) is 0 Å². The Balaban J connectivity index is 1.27. The molecule has 14 heteroatoms.